The molecule has 0 aliphatic rings. The summed E-state index contributed by atoms with van der Waals surface area (Å²) in [7, 11) is 1.62. The smallest absolute Gasteiger partial charge is 0.0924 e. The van der Waals surface area contributed by atoms with E-state index >= 15 is 0 Å². The van der Waals surface area contributed by atoms with Crippen LogP contribution in [-0.4, -0.2) is 7.11 Å². The van der Waals surface area contributed by atoms with Crippen molar-refractivity contribution in [3.63, 3.8) is 0 Å². The summed E-state index contributed by atoms with van der Waals surface area (Å²) in [5, 5.41) is 0. The molecule has 0 rings (SSSR count). The number of rotatable bonds is 3. The third kappa shape index (κ3) is 4.97. The third-order valence-electron chi connectivity index (χ3n) is 0.963. The van der Waals surface area contributed by atoms with Crippen molar-refractivity contribution < 1.29 is 4.74 Å². The van der Waals surface area contributed by atoms with Gasteiger partial charge < -0.3 is 10.5 Å². The van der Waals surface area contributed by atoms with Gasteiger partial charge in [-0.3, -0.25) is 0 Å². The van der Waals surface area contributed by atoms with Gasteiger partial charge in [-0.1, -0.05) is 12.7 Å². The van der Waals surface area contributed by atoms with Crippen molar-refractivity contribution in [1.29, 1.82) is 0 Å². The minimum absolute atomic E-state index is 0.542. The van der Waals surface area contributed by atoms with Crippen LogP contribution >= 0.6 is 0 Å². The van der Waals surface area contributed by atoms with Crippen LogP contribution in [0.1, 0.15) is 6.92 Å². The first-order valence-electron chi connectivity index (χ1n) is 3.00. The van der Waals surface area contributed by atoms with Crippen LogP contribution in [0.3, 0.4) is 0 Å². The summed E-state index contributed by atoms with van der Waals surface area (Å²) in [6, 6.07) is 0. The van der Waals surface area contributed by atoms with Crippen molar-refractivity contribution in [3.05, 3.63) is 36.3 Å². The second-order valence-corrected chi connectivity index (χ2v) is 1.92. The van der Waals surface area contributed by atoms with E-state index in [2.05, 4.69) is 6.58 Å². The van der Waals surface area contributed by atoms with Crippen molar-refractivity contribution in [2.24, 2.45) is 5.73 Å². The Labute approximate surface area is 61.7 Å². The molecule has 0 amide bonds. The molecule has 0 aromatic heterocycles. The second kappa shape index (κ2) is 4.68. The van der Waals surface area contributed by atoms with Crippen LogP contribution in [0.4, 0.5) is 0 Å². The Morgan fingerprint density at radius 3 is 2.60 bits per heavy atom. The van der Waals surface area contributed by atoms with Gasteiger partial charge in [0.1, 0.15) is 0 Å². The molecule has 0 spiro atoms. The Kier molecular flexibility index (Phi) is 4.12. The van der Waals surface area contributed by atoms with Gasteiger partial charge in [0, 0.05) is 5.70 Å². The number of ether oxygens (including phenoxy) is 1. The lowest BCUT2D eigenvalue weighted by molar-refractivity contribution is 0.294. The second-order valence-electron chi connectivity index (χ2n) is 1.92. The van der Waals surface area contributed by atoms with Gasteiger partial charge >= 0.3 is 0 Å². The van der Waals surface area contributed by atoms with E-state index in [-0.39, 0.29) is 0 Å². The summed E-state index contributed by atoms with van der Waals surface area (Å²) in [6.45, 7) is 5.36. The fraction of sp³-hybridized carbons (Fsp3) is 0.250. The summed E-state index contributed by atoms with van der Waals surface area (Å²) in [5.74, 6) is 0.845. The number of hydrogen-bond donors (Lipinski definition) is 1. The van der Waals surface area contributed by atoms with Gasteiger partial charge in [0.25, 0.3) is 0 Å². The lowest BCUT2D eigenvalue weighted by Gasteiger charge is -1.93. The van der Waals surface area contributed by atoms with E-state index in [1.54, 1.807) is 19.3 Å². The Bertz CT molecular complexity index is 168. The zero-order valence-corrected chi connectivity index (χ0v) is 6.42. The van der Waals surface area contributed by atoms with Crippen molar-refractivity contribution in [3.8, 4) is 0 Å². The highest BCUT2D eigenvalue weighted by atomic mass is 16.5. The topological polar surface area (TPSA) is 35.2 Å². The Hall–Kier alpha value is -1.18. The average molecular weight is 139 g/mol. The quantitative estimate of drug-likeness (QED) is 0.475. The SMILES string of the molecule is C=C(N)/C=C\C=C(/C)OC. The van der Waals surface area contributed by atoms with Gasteiger partial charge in [-0.25, -0.2) is 0 Å². The fourth-order valence-corrected chi connectivity index (χ4v) is 0.375. The average Bonchev–Trinajstić information content (AvgIpc) is 1.87. The van der Waals surface area contributed by atoms with Gasteiger partial charge in [0.2, 0.25) is 0 Å². The molecular weight excluding hydrogens is 126 g/mol. The highest BCUT2D eigenvalue weighted by molar-refractivity contribution is 5.16. The molecule has 0 unspecified atom stereocenters. The molecule has 0 saturated heterocycles. The molecular formula is C8H13NO. The van der Waals surface area contributed by atoms with Gasteiger partial charge in [-0.15, -0.1) is 0 Å². The number of methoxy groups -OCH3 is 1. The molecule has 0 atom stereocenters. The van der Waals surface area contributed by atoms with Gasteiger partial charge in [-0.2, -0.15) is 0 Å². The molecule has 0 bridgehead atoms. The molecule has 0 aromatic rings. The van der Waals surface area contributed by atoms with Gasteiger partial charge in [-0.05, 0) is 19.1 Å². The molecule has 0 saturated carbocycles. The van der Waals surface area contributed by atoms with Crippen molar-refractivity contribution in [2.75, 3.05) is 7.11 Å². The minimum atomic E-state index is 0.542. The Balaban J connectivity index is 3.82. The molecule has 2 N–H and O–H groups in total. The summed E-state index contributed by atoms with van der Waals surface area (Å²) in [6.07, 6.45) is 5.32. The van der Waals surface area contributed by atoms with Crippen LogP contribution in [0.5, 0.6) is 0 Å². The largest absolute Gasteiger partial charge is 0.501 e. The molecule has 10 heavy (non-hydrogen) atoms. The van der Waals surface area contributed by atoms with E-state index < -0.39 is 0 Å². The minimum Gasteiger partial charge on any atom is -0.501 e. The summed E-state index contributed by atoms with van der Waals surface area (Å²) >= 11 is 0. The van der Waals surface area contributed by atoms with Crippen molar-refractivity contribution in [2.45, 2.75) is 6.92 Å². The van der Waals surface area contributed by atoms with E-state index in [0.29, 0.717) is 5.70 Å². The standard InChI is InChI=1S/C8H13NO/c1-7(9)5-4-6-8(2)10-3/h4-6H,1,9H2,2-3H3/b5-4-,8-6+. The molecule has 0 aromatic carbocycles. The molecule has 2 nitrogen and oxygen atoms in total. The molecule has 0 heterocycles. The van der Waals surface area contributed by atoms with E-state index in [4.69, 9.17) is 10.5 Å². The lowest BCUT2D eigenvalue weighted by atomic mass is 10.4. The maximum Gasteiger partial charge on any atom is 0.0924 e. The zero-order valence-electron chi connectivity index (χ0n) is 6.42. The monoisotopic (exact) mass is 139 g/mol. The van der Waals surface area contributed by atoms with Crippen LogP contribution in [0.2, 0.25) is 0 Å². The summed E-state index contributed by atoms with van der Waals surface area (Å²) in [4.78, 5) is 0. The van der Waals surface area contributed by atoms with Crippen LogP contribution in [0.15, 0.2) is 36.3 Å². The lowest BCUT2D eigenvalue weighted by Crippen LogP contribution is -1.87. The first-order valence-corrected chi connectivity index (χ1v) is 3.00. The van der Waals surface area contributed by atoms with Crippen LogP contribution < -0.4 is 5.73 Å². The predicted molar refractivity (Wildman–Crippen MR) is 43.2 cm³/mol. The van der Waals surface area contributed by atoms with Gasteiger partial charge in [0.05, 0.1) is 12.9 Å². The molecule has 0 fully saturated rings. The summed E-state index contributed by atoms with van der Waals surface area (Å²) in [5.41, 5.74) is 5.81. The van der Waals surface area contributed by atoms with Crippen LogP contribution in [0.25, 0.3) is 0 Å². The molecule has 2 heteroatoms. The molecule has 56 valence electrons. The molecule has 0 aliphatic carbocycles. The number of hydrogen-bond acceptors (Lipinski definition) is 2. The fourth-order valence-electron chi connectivity index (χ4n) is 0.375. The van der Waals surface area contributed by atoms with Crippen molar-refractivity contribution >= 4 is 0 Å². The van der Waals surface area contributed by atoms with E-state index in [0.717, 1.165) is 5.76 Å². The molecule has 0 aliphatic heterocycles. The van der Waals surface area contributed by atoms with E-state index in [9.17, 15) is 0 Å². The third-order valence-corrected chi connectivity index (χ3v) is 0.963. The number of allylic oxidation sites excluding steroid dienone is 4. The summed E-state index contributed by atoms with van der Waals surface area (Å²) < 4.78 is 4.87. The predicted octanol–water partition coefficient (Wildman–Crippen LogP) is 1.57. The maximum absolute atomic E-state index is 5.27. The van der Waals surface area contributed by atoms with E-state index in [1.165, 1.54) is 0 Å². The highest BCUT2D eigenvalue weighted by Crippen LogP contribution is 1.92. The Morgan fingerprint density at radius 2 is 2.20 bits per heavy atom. The first-order chi connectivity index (χ1) is 4.66. The van der Waals surface area contributed by atoms with Crippen LogP contribution in [-0.2, 0) is 4.74 Å². The van der Waals surface area contributed by atoms with E-state index in [1.807, 2.05) is 13.0 Å². The normalized spacial score (nSPS) is 12.0. The number of nitrogens with two attached hydrogens (primary N) is 1. The van der Waals surface area contributed by atoms with Crippen molar-refractivity contribution in [1.82, 2.24) is 0 Å². The van der Waals surface area contributed by atoms with Gasteiger partial charge in [0.15, 0.2) is 0 Å². The van der Waals surface area contributed by atoms with Crippen LogP contribution in [0, 0.1) is 0 Å². The first kappa shape index (κ1) is 8.82. The molecule has 0 radical (unpaired) electrons. The Morgan fingerprint density at radius 1 is 1.60 bits per heavy atom. The zero-order chi connectivity index (χ0) is 7.98. The highest BCUT2D eigenvalue weighted by Gasteiger charge is 1.77. The maximum atomic E-state index is 5.27.